The molecule has 0 bridgehead atoms. The van der Waals surface area contributed by atoms with Gasteiger partial charge in [0.25, 0.3) is 0 Å². The molecular formula is C11H20N2O4. The topological polar surface area (TPSA) is 104 Å². The number of carbonyl (C=O) groups is 2. The summed E-state index contributed by atoms with van der Waals surface area (Å²) >= 11 is 0. The van der Waals surface area contributed by atoms with Crippen LogP contribution in [0.5, 0.6) is 0 Å². The third-order valence-electron chi connectivity index (χ3n) is 3.39. The summed E-state index contributed by atoms with van der Waals surface area (Å²) in [6.45, 7) is 3.83. The minimum absolute atomic E-state index is 0.00492. The summed E-state index contributed by atoms with van der Waals surface area (Å²) in [7, 11) is 0. The van der Waals surface area contributed by atoms with Gasteiger partial charge in [-0.1, -0.05) is 20.3 Å². The van der Waals surface area contributed by atoms with Crippen molar-refractivity contribution in [1.29, 1.82) is 0 Å². The van der Waals surface area contributed by atoms with Crippen molar-refractivity contribution in [3.05, 3.63) is 0 Å². The zero-order valence-corrected chi connectivity index (χ0v) is 10.2. The molecule has 0 aromatic carbocycles. The number of nitrogens with two attached hydrogens (primary N) is 1. The second-order valence-corrected chi connectivity index (χ2v) is 4.65. The Bertz CT molecular complexity index is 308. The Kier molecular flexibility index (Phi) is 4.47. The van der Waals surface area contributed by atoms with Crippen LogP contribution in [0.15, 0.2) is 0 Å². The average Bonchev–Trinajstić information content (AvgIpc) is 2.68. The molecule has 0 aliphatic carbocycles. The number of hydrogen-bond donors (Lipinski definition) is 3. The first-order valence-corrected chi connectivity index (χ1v) is 5.85. The van der Waals surface area contributed by atoms with Crippen LogP contribution in [-0.4, -0.2) is 51.7 Å². The number of likely N-dealkylation sites (tertiary alicyclic amines) is 1. The Morgan fingerprint density at radius 1 is 1.53 bits per heavy atom. The predicted octanol–water partition coefficient (Wildman–Crippen LogP) is -0.594. The lowest BCUT2D eigenvalue weighted by Gasteiger charge is -2.27. The van der Waals surface area contributed by atoms with Crippen LogP contribution in [0.2, 0.25) is 0 Å². The number of aliphatic hydroxyl groups is 1. The predicted molar refractivity (Wildman–Crippen MR) is 61.2 cm³/mol. The van der Waals surface area contributed by atoms with Gasteiger partial charge in [0.2, 0.25) is 5.91 Å². The molecular weight excluding hydrogens is 224 g/mol. The van der Waals surface area contributed by atoms with Crippen molar-refractivity contribution in [1.82, 2.24) is 4.90 Å². The quantitative estimate of drug-likeness (QED) is 0.613. The van der Waals surface area contributed by atoms with Gasteiger partial charge in [-0.05, 0) is 5.92 Å². The van der Waals surface area contributed by atoms with Gasteiger partial charge in [-0.2, -0.15) is 0 Å². The van der Waals surface area contributed by atoms with Crippen molar-refractivity contribution in [3.63, 3.8) is 0 Å². The van der Waals surface area contributed by atoms with E-state index >= 15 is 0 Å². The maximum Gasteiger partial charge on any atom is 0.326 e. The zero-order chi connectivity index (χ0) is 13.2. The smallest absolute Gasteiger partial charge is 0.326 e. The number of carboxylic acids is 1. The molecule has 4 N–H and O–H groups in total. The summed E-state index contributed by atoms with van der Waals surface area (Å²) in [4.78, 5) is 24.2. The minimum atomic E-state index is -1.09. The van der Waals surface area contributed by atoms with E-state index in [-0.39, 0.29) is 24.8 Å². The first kappa shape index (κ1) is 13.9. The summed E-state index contributed by atoms with van der Waals surface area (Å²) in [6, 6.07) is -1.65. The van der Waals surface area contributed by atoms with Crippen molar-refractivity contribution in [2.24, 2.45) is 11.7 Å². The van der Waals surface area contributed by atoms with E-state index in [1.165, 1.54) is 4.90 Å². The van der Waals surface area contributed by atoms with Crippen molar-refractivity contribution in [2.75, 3.05) is 6.54 Å². The molecule has 1 saturated heterocycles. The monoisotopic (exact) mass is 244 g/mol. The van der Waals surface area contributed by atoms with E-state index in [1.807, 2.05) is 13.8 Å². The van der Waals surface area contributed by atoms with Crippen LogP contribution in [0.1, 0.15) is 26.7 Å². The van der Waals surface area contributed by atoms with Gasteiger partial charge in [-0.25, -0.2) is 4.79 Å². The molecule has 17 heavy (non-hydrogen) atoms. The van der Waals surface area contributed by atoms with E-state index in [2.05, 4.69) is 0 Å². The van der Waals surface area contributed by atoms with Crippen LogP contribution in [0.25, 0.3) is 0 Å². The number of amides is 1. The number of carboxylic acid groups (broad SMARTS) is 1. The summed E-state index contributed by atoms with van der Waals surface area (Å²) in [5.41, 5.74) is 5.79. The zero-order valence-electron chi connectivity index (χ0n) is 10.2. The first-order valence-electron chi connectivity index (χ1n) is 5.85. The highest BCUT2D eigenvalue weighted by molar-refractivity contribution is 5.87. The third kappa shape index (κ3) is 2.95. The maximum atomic E-state index is 12.0. The van der Waals surface area contributed by atoms with Crippen molar-refractivity contribution >= 4 is 11.9 Å². The molecule has 0 radical (unpaired) electrons. The molecule has 1 aliphatic rings. The fourth-order valence-corrected chi connectivity index (χ4v) is 1.98. The lowest BCUT2D eigenvalue weighted by molar-refractivity contribution is -0.149. The number of aliphatic carboxylic acids is 1. The Labute approximate surface area is 100 Å². The molecule has 98 valence electrons. The van der Waals surface area contributed by atoms with Gasteiger partial charge in [0, 0.05) is 13.0 Å². The largest absolute Gasteiger partial charge is 0.480 e. The SMILES string of the molecule is CC[C@H](C)[C@H](N)C(=O)N1CC(O)C[C@H]1C(=O)O. The van der Waals surface area contributed by atoms with Gasteiger partial charge in [0.1, 0.15) is 6.04 Å². The number of hydrogen-bond acceptors (Lipinski definition) is 4. The molecule has 0 aromatic heterocycles. The Hall–Kier alpha value is -1.14. The van der Waals surface area contributed by atoms with Crippen LogP contribution in [-0.2, 0) is 9.59 Å². The van der Waals surface area contributed by atoms with Gasteiger partial charge in [0.15, 0.2) is 0 Å². The fourth-order valence-electron chi connectivity index (χ4n) is 1.98. The molecule has 1 unspecified atom stereocenters. The normalized spacial score (nSPS) is 27.9. The van der Waals surface area contributed by atoms with E-state index in [0.717, 1.165) is 6.42 Å². The highest BCUT2D eigenvalue weighted by Crippen LogP contribution is 2.20. The Balaban J connectivity index is 2.77. The molecule has 1 amide bonds. The molecule has 1 heterocycles. The van der Waals surface area contributed by atoms with E-state index in [4.69, 9.17) is 10.8 Å². The third-order valence-corrected chi connectivity index (χ3v) is 3.39. The standard InChI is InChI=1S/C11H20N2O4/c1-3-6(2)9(12)10(15)13-5-7(14)4-8(13)11(16)17/h6-9,14H,3-5,12H2,1-2H3,(H,16,17)/t6-,7?,8-,9-/m0/s1. The van der Waals surface area contributed by atoms with Crippen LogP contribution in [0, 0.1) is 5.92 Å². The number of nitrogens with zero attached hydrogens (tertiary/aromatic N) is 1. The lowest BCUT2D eigenvalue weighted by Crippen LogP contribution is -2.50. The number of rotatable bonds is 4. The molecule has 6 heteroatoms. The van der Waals surface area contributed by atoms with Crippen molar-refractivity contribution < 1.29 is 19.8 Å². The number of aliphatic hydroxyl groups excluding tert-OH is 1. The van der Waals surface area contributed by atoms with Crippen LogP contribution >= 0.6 is 0 Å². The summed E-state index contributed by atoms with van der Waals surface area (Å²) in [6.07, 6.45) is 0.0548. The first-order chi connectivity index (χ1) is 7.88. The average molecular weight is 244 g/mol. The van der Waals surface area contributed by atoms with Gasteiger partial charge in [-0.15, -0.1) is 0 Å². The molecule has 0 aromatic rings. The number of β-amino-alcohol motifs (C(OH)–C–C–N with tert-alkyl or cyclic N) is 1. The number of carbonyl (C=O) groups excluding carboxylic acids is 1. The molecule has 6 nitrogen and oxygen atoms in total. The highest BCUT2D eigenvalue weighted by atomic mass is 16.4. The Morgan fingerprint density at radius 2 is 2.12 bits per heavy atom. The molecule has 4 atom stereocenters. The Morgan fingerprint density at radius 3 is 2.59 bits per heavy atom. The van der Waals surface area contributed by atoms with Crippen LogP contribution in [0.3, 0.4) is 0 Å². The fraction of sp³-hybridized carbons (Fsp3) is 0.818. The molecule has 1 fully saturated rings. The van der Waals surface area contributed by atoms with E-state index in [9.17, 15) is 14.7 Å². The lowest BCUT2D eigenvalue weighted by atomic mass is 9.98. The molecule has 1 rings (SSSR count). The second kappa shape index (κ2) is 5.46. The second-order valence-electron chi connectivity index (χ2n) is 4.65. The summed E-state index contributed by atoms with van der Waals surface area (Å²) in [5, 5.41) is 18.4. The van der Waals surface area contributed by atoms with Crippen molar-refractivity contribution in [3.8, 4) is 0 Å². The van der Waals surface area contributed by atoms with Gasteiger partial charge >= 0.3 is 5.97 Å². The summed E-state index contributed by atoms with van der Waals surface area (Å²) in [5.74, 6) is -1.48. The van der Waals surface area contributed by atoms with E-state index < -0.39 is 24.2 Å². The van der Waals surface area contributed by atoms with Gasteiger partial charge in [0.05, 0.1) is 12.1 Å². The molecule has 0 spiro atoms. The maximum absolute atomic E-state index is 12.0. The van der Waals surface area contributed by atoms with E-state index in [0.29, 0.717) is 0 Å². The molecule has 0 saturated carbocycles. The van der Waals surface area contributed by atoms with Gasteiger partial charge < -0.3 is 20.8 Å². The van der Waals surface area contributed by atoms with Gasteiger partial charge in [-0.3, -0.25) is 4.79 Å². The highest BCUT2D eigenvalue weighted by Gasteiger charge is 2.41. The van der Waals surface area contributed by atoms with E-state index in [1.54, 1.807) is 0 Å². The van der Waals surface area contributed by atoms with Crippen LogP contribution < -0.4 is 5.73 Å². The van der Waals surface area contributed by atoms with Crippen LogP contribution in [0.4, 0.5) is 0 Å². The summed E-state index contributed by atoms with van der Waals surface area (Å²) < 4.78 is 0. The minimum Gasteiger partial charge on any atom is -0.480 e. The molecule has 1 aliphatic heterocycles. The van der Waals surface area contributed by atoms with Crippen molar-refractivity contribution in [2.45, 2.75) is 44.9 Å².